The van der Waals surface area contributed by atoms with Crippen LogP contribution in [0.4, 0.5) is 0 Å². The van der Waals surface area contributed by atoms with Gasteiger partial charge in [0.05, 0.1) is 0 Å². The standard InChI is InChI=1S/C13H11O/c1-2-9-14-13-8-7-11-5-3-4-6-12(11)10-13/h3-8,10H,1,9H2. The number of ether oxygens (including phenoxy) is 1. The summed E-state index contributed by atoms with van der Waals surface area (Å²) in [7, 11) is 0. The molecule has 0 spiro atoms. The van der Waals surface area contributed by atoms with Crippen molar-refractivity contribution in [3.05, 3.63) is 55.1 Å². The molecule has 0 atom stereocenters. The molecule has 0 saturated carbocycles. The first-order valence-electron chi connectivity index (χ1n) is 4.52. The van der Waals surface area contributed by atoms with Crippen LogP contribution < -0.4 is 4.74 Å². The average molecular weight is 183 g/mol. The highest BCUT2D eigenvalue weighted by Gasteiger charge is 1.95. The van der Waals surface area contributed by atoms with Crippen molar-refractivity contribution in [3.63, 3.8) is 0 Å². The van der Waals surface area contributed by atoms with Gasteiger partial charge >= 0.3 is 0 Å². The number of fused-ring (bicyclic) bond motifs is 1. The summed E-state index contributed by atoms with van der Waals surface area (Å²) >= 11 is 0. The average Bonchev–Trinajstić information content (AvgIpc) is 2.26. The molecule has 0 aliphatic carbocycles. The minimum absolute atomic E-state index is 0.429. The van der Waals surface area contributed by atoms with E-state index in [0.717, 1.165) is 5.75 Å². The predicted molar refractivity (Wildman–Crippen MR) is 58.3 cm³/mol. The Labute approximate surface area is 83.6 Å². The molecule has 0 aromatic heterocycles. The molecular weight excluding hydrogens is 172 g/mol. The number of hydrogen-bond acceptors (Lipinski definition) is 1. The first-order chi connectivity index (χ1) is 6.90. The van der Waals surface area contributed by atoms with Crippen LogP contribution in [0.1, 0.15) is 0 Å². The lowest BCUT2D eigenvalue weighted by Gasteiger charge is -2.03. The van der Waals surface area contributed by atoms with Crippen molar-refractivity contribution < 1.29 is 4.74 Å². The molecule has 0 aliphatic rings. The van der Waals surface area contributed by atoms with E-state index in [0.29, 0.717) is 6.61 Å². The second kappa shape index (κ2) is 3.97. The van der Waals surface area contributed by atoms with Gasteiger partial charge in [0.1, 0.15) is 12.4 Å². The third-order valence-corrected chi connectivity index (χ3v) is 2.06. The summed E-state index contributed by atoms with van der Waals surface area (Å²) in [5.41, 5.74) is 0. The van der Waals surface area contributed by atoms with Crippen LogP contribution in [0.5, 0.6) is 5.75 Å². The molecule has 0 aliphatic heterocycles. The molecule has 0 heterocycles. The van der Waals surface area contributed by atoms with E-state index in [1.54, 1.807) is 0 Å². The van der Waals surface area contributed by atoms with Gasteiger partial charge in [-0.25, -0.2) is 0 Å². The van der Waals surface area contributed by atoms with Gasteiger partial charge in [-0.2, -0.15) is 0 Å². The van der Waals surface area contributed by atoms with Crippen LogP contribution >= 0.6 is 0 Å². The summed E-state index contributed by atoms with van der Waals surface area (Å²) in [5.74, 6) is 0.861. The van der Waals surface area contributed by atoms with Gasteiger partial charge in [0.15, 0.2) is 0 Å². The molecule has 0 unspecified atom stereocenters. The van der Waals surface area contributed by atoms with Crippen LogP contribution in [0.3, 0.4) is 0 Å². The number of benzene rings is 2. The van der Waals surface area contributed by atoms with E-state index in [4.69, 9.17) is 4.74 Å². The number of hydrogen-bond donors (Lipinski definition) is 0. The van der Waals surface area contributed by atoms with Crippen molar-refractivity contribution in [2.45, 2.75) is 0 Å². The molecule has 69 valence electrons. The fourth-order valence-corrected chi connectivity index (χ4v) is 1.39. The van der Waals surface area contributed by atoms with Crippen LogP contribution in [0.2, 0.25) is 0 Å². The van der Waals surface area contributed by atoms with Gasteiger partial charge < -0.3 is 4.74 Å². The summed E-state index contributed by atoms with van der Waals surface area (Å²) in [6, 6.07) is 14.2. The highest BCUT2D eigenvalue weighted by atomic mass is 16.5. The molecular formula is C13H11O. The zero-order chi connectivity index (χ0) is 9.80. The van der Waals surface area contributed by atoms with Crippen LogP contribution in [0, 0.1) is 6.08 Å². The molecule has 0 N–H and O–H groups in total. The van der Waals surface area contributed by atoms with E-state index < -0.39 is 0 Å². The zero-order valence-electron chi connectivity index (χ0n) is 7.86. The fraction of sp³-hybridized carbons (Fsp3) is 0.0769. The Hall–Kier alpha value is -1.76. The van der Waals surface area contributed by atoms with E-state index in [2.05, 4.69) is 24.8 Å². The third-order valence-electron chi connectivity index (χ3n) is 2.06. The molecule has 2 aromatic carbocycles. The van der Waals surface area contributed by atoms with Crippen molar-refractivity contribution in [3.8, 4) is 5.75 Å². The van der Waals surface area contributed by atoms with Crippen LogP contribution in [-0.2, 0) is 0 Å². The SMILES string of the molecule is C=[C]COc1ccc2ccccc2c1. The van der Waals surface area contributed by atoms with E-state index in [1.807, 2.05) is 30.3 Å². The van der Waals surface area contributed by atoms with Crippen molar-refractivity contribution in [2.24, 2.45) is 0 Å². The van der Waals surface area contributed by atoms with E-state index in [9.17, 15) is 0 Å². The summed E-state index contributed by atoms with van der Waals surface area (Å²) in [4.78, 5) is 0. The summed E-state index contributed by atoms with van der Waals surface area (Å²) in [5, 5.41) is 2.41. The summed E-state index contributed by atoms with van der Waals surface area (Å²) in [6.07, 6.45) is 2.69. The normalized spacial score (nSPS) is 10.0. The van der Waals surface area contributed by atoms with E-state index >= 15 is 0 Å². The minimum Gasteiger partial charge on any atom is -0.489 e. The molecule has 0 bridgehead atoms. The highest BCUT2D eigenvalue weighted by Crippen LogP contribution is 2.20. The first-order valence-corrected chi connectivity index (χ1v) is 4.52. The summed E-state index contributed by atoms with van der Waals surface area (Å²) < 4.78 is 5.39. The van der Waals surface area contributed by atoms with Crippen LogP contribution in [-0.4, -0.2) is 6.61 Å². The smallest absolute Gasteiger partial charge is 0.120 e. The van der Waals surface area contributed by atoms with Gasteiger partial charge in [-0.1, -0.05) is 36.9 Å². The summed E-state index contributed by atoms with van der Waals surface area (Å²) in [6.45, 7) is 3.92. The Morgan fingerprint density at radius 1 is 1.07 bits per heavy atom. The maximum absolute atomic E-state index is 5.39. The van der Waals surface area contributed by atoms with Gasteiger partial charge in [0, 0.05) is 0 Å². The van der Waals surface area contributed by atoms with Gasteiger partial charge in [-0.05, 0) is 29.0 Å². The highest BCUT2D eigenvalue weighted by molar-refractivity contribution is 5.83. The molecule has 1 heteroatoms. The molecule has 1 nitrogen and oxygen atoms in total. The van der Waals surface area contributed by atoms with Gasteiger partial charge in [0.25, 0.3) is 0 Å². The monoisotopic (exact) mass is 183 g/mol. The topological polar surface area (TPSA) is 9.23 Å². The zero-order valence-corrected chi connectivity index (χ0v) is 7.86. The van der Waals surface area contributed by atoms with Crippen molar-refractivity contribution >= 4 is 10.8 Å². The van der Waals surface area contributed by atoms with Gasteiger partial charge in [-0.15, -0.1) is 0 Å². The third kappa shape index (κ3) is 1.77. The van der Waals surface area contributed by atoms with Gasteiger partial charge in [0.2, 0.25) is 0 Å². The fourth-order valence-electron chi connectivity index (χ4n) is 1.39. The molecule has 0 fully saturated rings. The van der Waals surface area contributed by atoms with E-state index in [-0.39, 0.29) is 0 Å². The lowest BCUT2D eigenvalue weighted by atomic mass is 10.1. The van der Waals surface area contributed by atoms with Gasteiger partial charge in [-0.3, -0.25) is 0 Å². The van der Waals surface area contributed by atoms with Crippen molar-refractivity contribution in [1.82, 2.24) is 0 Å². The largest absolute Gasteiger partial charge is 0.489 e. The minimum atomic E-state index is 0.429. The number of rotatable bonds is 3. The van der Waals surface area contributed by atoms with Crippen molar-refractivity contribution in [1.29, 1.82) is 0 Å². The Balaban J connectivity index is 2.36. The van der Waals surface area contributed by atoms with E-state index in [1.165, 1.54) is 10.8 Å². The lowest BCUT2D eigenvalue weighted by molar-refractivity contribution is 0.358. The second-order valence-corrected chi connectivity index (χ2v) is 3.05. The predicted octanol–water partition coefficient (Wildman–Crippen LogP) is 3.21. The quantitative estimate of drug-likeness (QED) is 0.710. The second-order valence-electron chi connectivity index (χ2n) is 3.05. The molecule has 14 heavy (non-hydrogen) atoms. The Bertz CT molecular complexity index is 446. The Kier molecular flexibility index (Phi) is 2.50. The Morgan fingerprint density at radius 2 is 1.86 bits per heavy atom. The molecule has 0 saturated heterocycles. The molecule has 2 rings (SSSR count). The molecule has 2 aromatic rings. The Morgan fingerprint density at radius 3 is 2.64 bits per heavy atom. The molecule has 0 amide bonds. The van der Waals surface area contributed by atoms with Crippen LogP contribution in [0.15, 0.2) is 49.0 Å². The van der Waals surface area contributed by atoms with Crippen LogP contribution in [0.25, 0.3) is 10.8 Å². The first kappa shape index (κ1) is 8.82. The molecule has 1 radical (unpaired) electrons. The maximum atomic E-state index is 5.39. The van der Waals surface area contributed by atoms with Crippen molar-refractivity contribution in [2.75, 3.05) is 6.61 Å². The maximum Gasteiger partial charge on any atom is 0.120 e. The lowest BCUT2D eigenvalue weighted by Crippen LogP contribution is -1.92.